The number of methoxy groups -OCH3 is 1. The molecule has 1 N–H and O–H groups in total. The predicted molar refractivity (Wildman–Crippen MR) is 79.7 cm³/mol. The van der Waals surface area contributed by atoms with Gasteiger partial charge >= 0.3 is 0 Å². The van der Waals surface area contributed by atoms with E-state index in [0.717, 1.165) is 28.8 Å². The van der Waals surface area contributed by atoms with E-state index in [0.29, 0.717) is 6.61 Å². The van der Waals surface area contributed by atoms with Gasteiger partial charge in [-0.2, -0.15) is 0 Å². The minimum atomic E-state index is 0.00315. The number of aromatic nitrogens is 2. The fourth-order valence-electron chi connectivity index (χ4n) is 1.90. The highest BCUT2D eigenvalue weighted by atomic mass is 32.1. The minimum absolute atomic E-state index is 0.00315. The van der Waals surface area contributed by atoms with Gasteiger partial charge in [-0.05, 0) is 24.6 Å². The van der Waals surface area contributed by atoms with Gasteiger partial charge < -0.3 is 14.7 Å². The molecule has 2 aromatic heterocycles. The van der Waals surface area contributed by atoms with Crippen LogP contribution in [0.2, 0.25) is 0 Å². The van der Waals surface area contributed by atoms with Crippen LogP contribution in [0.25, 0.3) is 0 Å². The van der Waals surface area contributed by atoms with Crippen molar-refractivity contribution in [1.82, 2.24) is 9.97 Å². The van der Waals surface area contributed by atoms with Crippen molar-refractivity contribution in [2.24, 2.45) is 0 Å². The molecule has 108 valence electrons. The summed E-state index contributed by atoms with van der Waals surface area (Å²) in [6, 6.07) is 4.00. The Morgan fingerprint density at radius 3 is 2.70 bits per heavy atom. The second kappa shape index (κ2) is 7.33. The van der Waals surface area contributed by atoms with Gasteiger partial charge in [0, 0.05) is 32.6 Å². The van der Waals surface area contributed by atoms with Gasteiger partial charge in [-0.1, -0.05) is 11.3 Å². The van der Waals surface area contributed by atoms with Gasteiger partial charge in [0.05, 0.1) is 23.8 Å². The first-order valence-corrected chi connectivity index (χ1v) is 7.32. The number of nitrogens with zero attached hydrogens (tertiary/aromatic N) is 3. The molecule has 0 amide bonds. The van der Waals surface area contributed by atoms with Crippen molar-refractivity contribution < 1.29 is 9.84 Å². The number of aliphatic hydroxyl groups is 1. The molecule has 6 heteroatoms. The molecule has 0 saturated carbocycles. The van der Waals surface area contributed by atoms with Crippen LogP contribution in [0.4, 0.5) is 5.13 Å². The van der Waals surface area contributed by atoms with E-state index in [1.54, 1.807) is 19.5 Å². The van der Waals surface area contributed by atoms with Gasteiger partial charge in [0.1, 0.15) is 0 Å². The molecule has 2 aromatic rings. The van der Waals surface area contributed by atoms with Crippen molar-refractivity contribution >= 4 is 16.5 Å². The second-order valence-corrected chi connectivity index (χ2v) is 5.39. The smallest absolute Gasteiger partial charge is 0.186 e. The Morgan fingerprint density at radius 1 is 1.35 bits per heavy atom. The summed E-state index contributed by atoms with van der Waals surface area (Å²) < 4.78 is 5.12. The van der Waals surface area contributed by atoms with Gasteiger partial charge in [-0.15, -0.1) is 0 Å². The van der Waals surface area contributed by atoms with E-state index in [4.69, 9.17) is 4.74 Å². The summed E-state index contributed by atoms with van der Waals surface area (Å²) in [5, 5.41) is 10.3. The highest BCUT2D eigenvalue weighted by molar-refractivity contribution is 7.15. The number of thiazole rings is 1. The highest BCUT2D eigenvalue weighted by Crippen LogP contribution is 2.28. The molecular weight excluding hydrogens is 274 g/mol. The first-order chi connectivity index (χ1) is 9.78. The zero-order chi connectivity index (χ0) is 14.4. The van der Waals surface area contributed by atoms with E-state index in [1.807, 2.05) is 12.1 Å². The maximum absolute atomic E-state index is 9.39. The highest BCUT2D eigenvalue weighted by Gasteiger charge is 2.15. The quantitative estimate of drug-likeness (QED) is 0.848. The molecule has 0 saturated heterocycles. The molecule has 0 aliphatic carbocycles. The summed E-state index contributed by atoms with van der Waals surface area (Å²) in [5.41, 5.74) is 2.01. The van der Waals surface area contributed by atoms with E-state index in [1.165, 1.54) is 16.9 Å². The fraction of sp³-hybridized carbons (Fsp3) is 0.429. The van der Waals surface area contributed by atoms with Crippen molar-refractivity contribution in [3.8, 4) is 0 Å². The van der Waals surface area contributed by atoms with Crippen molar-refractivity contribution in [3.63, 3.8) is 0 Å². The monoisotopic (exact) mass is 293 g/mol. The fourth-order valence-corrected chi connectivity index (χ4v) is 2.89. The molecule has 0 unspecified atom stereocenters. The van der Waals surface area contributed by atoms with Crippen LogP contribution in [0.15, 0.2) is 24.5 Å². The van der Waals surface area contributed by atoms with Gasteiger partial charge in [0.15, 0.2) is 5.13 Å². The van der Waals surface area contributed by atoms with Gasteiger partial charge in [0.25, 0.3) is 0 Å². The molecule has 2 rings (SSSR count). The summed E-state index contributed by atoms with van der Waals surface area (Å²) in [7, 11) is 1.63. The third-order valence-corrected chi connectivity index (χ3v) is 4.11. The maximum Gasteiger partial charge on any atom is 0.186 e. The number of anilines is 1. The third-order valence-electron chi connectivity index (χ3n) is 2.97. The Balaban J connectivity index is 2.18. The normalized spacial score (nSPS) is 10.8. The van der Waals surface area contributed by atoms with Crippen LogP contribution in [0.1, 0.15) is 23.1 Å². The lowest BCUT2D eigenvalue weighted by molar-refractivity contribution is 0.179. The van der Waals surface area contributed by atoms with E-state index in [2.05, 4.69) is 21.8 Å². The SMILES string of the molecule is CCN(Cc1ccncc1)c1nc(COC)c(CO)s1. The van der Waals surface area contributed by atoms with Crippen LogP contribution >= 0.6 is 11.3 Å². The Hall–Kier alpha value is -1.50. The van der Waals surface area contributed by atoms with Crippen LogP contribution in [0.5, 0.6) is 0 Å². The molecule has 2 heterocycles. The molecule has 0 fully saturated rings. The zero-order valence-corrected chi connectivity index (χ0v) is 12.6. The molecule has 0 spiro atoms. The van der Waals surface area contributed by atoms with Crippen LogP contribution in [-0.2, 0) is 24.5 Å². The number of aliphatic hydroxyl groups excluding tert-OH is 1. The topological polar surface area (TPSA) is 58.5 Å². The standard InChI is InChI=1S/C14H19N3O2S/c1-3-17(8-11-4-6-15-7-5-11)14-16-12(10-19-2)13(9-18)20-14/h4-7,18H,3,8-10H2,1-2H3. The average Bonchev–Trinajstić information content (AvgIpc) is 2.89. The molecule has 0 bridgehead atoms. The number of ether oxygens (including phenoxy) is 1. The van der Waals surface area contributed by atoms with Crippen LogP contribution in [0.3, 0.4) is 0 Å². The number of hydrogen-bond donors (Lipinski definition) is 1. The summed E-state index contributed by atoms with van der Waals surface area (Å²) in [6.07, 6.45) is 3.58. The molecule has 0 aliphatic rings. The molecule has 0 radical (unpaired) electrons. The molecular formula is C14H19N3O2S. The Bertz CT molecular complexity index is 530. The van der Waals surface area contributed by atoms with E-state index >= 15 is 0 Å². The van der Waals surface area contributed by atoms with Crippen molar-refractivity contribution in [3.05, 3.63) is 40.7 Å². The van der Waals surface area contributed by atoms with E-state index in [-0.39, 0.29) is 6.61 Å². The number of hydrogen-bond acceptors (Lipinski definition) is 6. The first kappa shape index (κ1) is 14.9. The summed E-state index contributed by atoms with van der Waals surface area (Å²) in [4.78, 5) is 11.7. The molecule has 5 nitrogen and oxygen atoms in total. The van der Waals surface area contributed by atoms with E-state index in [9.17, 15) is 5.11 Å². The summed E-state index contributed by atoms with van der Waals surface area (Å²) in [5.74, 6) is 0. The Labute approximate surface area is 122 Å². The van der Waals surface area contributed by atoms with Gasteiger partial charge in [0.2, 0.25) is 0 Å². The summed E-state index contributed by atoms with van der Waals surface area (Å²) in [6.45, 7) is 4.16. The first-order valence-electron chi connectivity index (χ1n) is 6.50. The average molecular weight is 293 g/mol. The largest absolute Gasteiger partial charge is 0.391 e. The lowest BCUT2D eigenvalue weighted by Gasteiger charge is -2.19. The second-order valence-electron chi connectivity index (χ2n) is 4.33. The predicted octanol–water partition coefficient (Wildman–Crippen LogP) is 2.20. The van der Waals surface area contributed by atoms with E-state index < -0.39 is 0 Å². The molecule has 20 heavy (non-hydrogen) atoms. The maximum atomic E-state index is 9.39. The number of rotatable bonds is 7. The van der Waals surface area contributed by atoms with Gasteiger partial charge in [-0.25, -0.2) is 4.98 Å². The lowest BCUT2D eigenvalue weighted by atomic mass is 10.2. The van der Waals surface area contributed by atoms with Crippen LogP contribution < -0.4 is 4.90 Å². The lowest BCUT2D eigenvalue weighted by Crippen LogP contribution is -2.21. The van der Waals surface area contributed by atoms with Crippen molar-refractivity contribution in [2.45, 2.75) is 26.7 Å². The van der Waals surface area contributed by atoms with Crippen molar-refractivity contribution in [1.29, 1.82) is 0 Å². The van der Waals surface area contributed by atoms with Crippen molar-refractivity contribution in [2.75, 3.05) is 18.6 Å². The van der Waals surface area contributed by atoms with Crippen LogP contribution in [0, 0.1) is 0 Å². The molecule has 0 aromatic carbocycles. The van der Waals surface area contributed by atoms with Gasteiger partial charge in [-0.3, -0.25) is 4.98 Å². The van der Waals surface area contributed by atoms with Crippen LogP contribution in [-0.4, -0.2) is 28.7 Å². The Kier molecular flexibility index (Phi) is 5.46. The Morgan fingerprint density at radius 2 is 2.10 bits per heavy atom. The molecule has 0 atom stereocenters. The number of pyridine rings is 1. The molecule has 0 aliphatic heterocycles. The summed E-state index contributed by atoms with van der Waals surface area (Å²) >= 11 is 1.52. The zero-order valence-electron chi connectivity index (χ0n) is 11.7. The third kappa shape index (κ3) is 3.53. The minimum Gasteiger partial charge on any atom is -0.391 e.